The van der Waals surface area contributed by atoms with Gasteiger partial charge < -0.3 is 30.5 Å². The fraction of sp³-hybridized carbons (Fsp3) is 0.714. The van der Waals surface area contributed by atoms with Crippen LogP contribution in [0.2, 0.25) is 0 Å². The average molecular weight is 221 g/mol. The summed E-state index contributed by atoms with van der Waals surface area (Å²) in [4.78, 5) is 22.1. The van der Waals surface area contributed by atoms with Crippen molar-refractivity contribution < 1.29 is 34.4 Å². The first kappa shape index (κ1) is 11.9. The van der Waals surface area contributed by atoms with Crippen LogP contribution >= 0.6 is 0 Å². The van der Waals surface area contributed by atoms with Gasteiger partial charge in [0, 0.05) is 0 Å². The molecule has 1 fully saturated rings. The van der Waals surface area contributed by atoms with E-state index in [4.69, 9.17) is 15.9 Å². The minimum atomic E-state index is -2.88. The zero-order valence-corrected chi connectivity index (χ0v) is 7.62. The van der Waals surface area contributed by atoms with E-state index in [9.17, 15) is 14.7 Å². The maximum absolute atomic E-state index is 11.1. The Bertz CT molecular complexity index is 281. The number of nitrogens with two attached hydrogens (primary N) is 1. The summed E-state index contributed by atoms with van der Waals surface area (Å²) >= 11 is 0. The second-order valence-corrected chi connectivity index (χ2v) is 3.03. The second kappa shape index (κ2) is 4.11. The van der Waals surface area contributed by atoms with E-state index in [0.29, 0.717) is 0 Å². The van der Waals surface area contributed by atoms with Crippen LogP contribution in [0.15, 0.2) is 0 Å². The Morgan fingerprint density at radius 3 is 2.67 bits per heavy atom. The van der Waals surface area contributed by atoms with Crippen LogP contribution in [0.1, 0.15) is 6.42 Å². The van der Waals surface area contributed by atoms with Gasteiger partial charge in [-0.1, -0.05) is 0 Å². The van der Waals surface area contributed by atoms with E-state index >= 15 is 0 Å². The van der Waals surface area contributed by atoms with E-state index in [1.807, 2.05) is 0 Å². The van der Waals surface area contributed by atoms with Crippen LogP contribution in [-0.4, -0.2) is 52.0 Å². The molecule has 1 rings (SSSR count). The molecule has 1 saturated heterocycles. The van der Waals surface area contributed by atoms with E-state index in [2.05, 4.69) is 9.47 Å². The van der Waals surface area contributed by atoms with Crippen molar-refractivity contribution in [3.63, 3.8) is 0 Å². The Labute approximate surface area is 84.2 Å². The number of hydrogen-bond donors (Lipinski definition) is 4. The fourth-order valence-corrected chi connectivity index (χ4v) is 0.960. The summed E-state index contributed by atoms with van der Waals surface area (Å²) in [5.74, 6) is -4.99. The van der Waals surface area contributed by atoms with E-state index in [1.54, 1.807) is 0 Å². The Hall–Kier alpha value is -1.22. The summed E-state index contributed by atoms with van der Waals surface area (Å²) in [6, 6.07) is -1.27. The highest BCUT2D eigenvalue weighted by molar-refractivity contribution is 5.84. The minimum Gasteiger partial charge on any atom is -0.396 e. The highest BCUT2D eigenvalue weighted by Crippen LogP contribution is 2.20. The molecule has 0 aliphatic carbocycles. The highest BCUT2D eigenvalue weighted by atomic mass is 16.9. The van der Waals surface area contributed by atoms with Gasteiger partial charge in [0.05, 0.1) is 13.0 Å². The summed E-state index contributed by atoms with van der Waals surface area (Å²) < 4.78 is 8.55. The average Bonchev–Trinajstić information content (AvgIpc) is 2.23. The smallest absolute Gasteiger partial charge is 0.396 e. The van der Waals surface area contributed by atoms with Crippen LogP contribution in [0.5, 0.6) is 0 Å². The fourth-order valence-electron chi connectivity index (χ4n) is 0.960. The summed E-state index contributed by atoms with van der Waals surface area (Å²) in [5, 5.41) is 27.1. The number of hydrogen-bond acceptors (Lipinski definition) is 8. The number of esters is 2. The summed E-state index contributed by atoms with van der Waals surface area (Å²) in [6.45, 7) is -0.952. The van der Waals surface area contributed by atoms with Crippen molar-refractivity contribution in [3.8, 4) is 0 Å². The molecule has 0 saturated carbocycles. The van der Waals surface area contributed by atoms with E-state index in [0.717, 1.165) is 0 Å². The number of carbonyl (C=O) groups is 2. The van der Waals surface area contributed by atoms with Gasteiger partial charge in [0.25, 0.3) is 0 Å². The summed E-state index contributed by atoms with van der Waals surface area (Å²) in [6.07, 6.45) is -2.42. The molecule has 0 aromatic carbocycles. The van der Waals surface area contributed by atoms with Gasteiger partial charge in [-0.05, 0) is 0 Å². The van der Waals surface area contributed by atoms with Crippen LogP contribution < -0.4 is 5.73 Å². The lowest BCUT2D eigenvalue weighted by atomic mass is 10.2. The Balaban J connectivity index is 2.90. The zero-order chi connectivity index (χ0) is 11.6. The third kappa shape index (κ3) is 2.42. The molecule has 86 valence electrons. The molecule has 8 heteroatoms. The number of cyclic esters (lactones) is 2. The van der Waals surface area contributed by atoms with Crippen LogP contribution in [-0.2, 0) is 19.1 Å². The summed E-state index contributed by atoms with van der Waals surface area (Å²) in [5.41, 5.74) is 5.20. The molecule has 0 aromatic heterocycles. The zero-order valence-electron chi connectivity index (χ0n) is 7.62. The van der Waals surface area contributed by atoms with Gasteiger partial charge >= 0.3 is 17.9 Å². The molecule has 5 N–H and O–H groups in total. The molecule has 3 atom stereocenters. The molecule has 0 amide bonds. The molecule has 0 spiro atoms. The monoisotopic (exact) mass is 221 g/mol. The van der Waals surface area contributed by atoms with Crippen molar-refractivity contribution >= 4 is 11.9 Å². The lowest BCUT2D eigenvalue weighted by Crippen LogP contribution is -2.51. The lowest BCUT2D eigenvalue weighted by Gasteiger charge is -2.27. The molecule has 1 aliphatic heterocycles. The van der Waals surface area contributed by atoms with E-state index < -0.39 is 43.1 Å². The molecular formula is C7H11NO7. The summed E-state index contributed by atoms with van der Waals surface area (Å²) in [7, 11) is 0. The molecule has 3 unspecified atom stereocenters. The molecule has 1 heterocycles. The molecule has 1 aliphatic rings. The van der Waals surface area contributed by atoms with Gasteiger partial charge in [-0.25, -0.2) is 0 Å². The Kier molecular flexibility index (Phi) is 3.25. The normalized spacial score (nSPS) is 34.0. The number of aliphatic hydroxyl groups excluding tert-OH is 2. The van der Waals surface area contributed by atoms with Gasteiger partial charge in [-0.3, -0.25) is 9.59 Å². The molecule has 0 aromatic rings. The maximum Gasteiger partial charge on any atom is 0.403 e. The van der Waals surface area contributed by atoms with Gasteiger partial charge in [0.2, 0.25) is 0 Å². The Morgan fingerprint density at radius 1 is 1.53 bits per heavy atom. The lowest BCUT2D eigenvalue weighted by molar-refractivity contribution is -0.360. The first-order valence-electron chi connectivity index (χ1n) is 4.10. The minimum absolute atomic E-state index is 0.473. The number of carbonyl (C=O) groups excluding carboxylic acids is 2. The predicted octanol–water partition coefficient (Wildman–Crippen LogP) is -3.20. The number of rotatable bonds is 2. The predicted molar refractivity (Wildman–Crippen MR) is 42.8 cm³/mol. The van der Waals surface area contributed by atoms with E-state index in [-0.39, 0.29) is 0 Å². The standard InChI is InChI=1S/C7H11NO7/c8-3-1-5(11)14-7(13,4(10)2-9)15-6(3)12/h3-4,9-10,13H,1-2,8H2. The quantitative estimate of drug-likeness (QED) is 0.357. The molecule has 15 heavy (non-hydrogen) atoms. The molecule has 8 nitrogen and oxygen atoms in total. The molecular weight excluding hydrogens is 210 g/mol. The Morgan fingerprint density at radius 2 is 2.13 bits per heavy atom. The van der Waals surface area contributed by atoms with Gasteiger partial charge in [-0.2, -0.15) is 0 Å². The highest BCUT2D eigenvalue weighted by Gasteiger charge is 2.48. The van der Waals surface area contributed by atoms with Gasteiger partial charge in [-0.15, -0.1) is 0 Å². The molecule has 0 bridgehead atoms. The molecule has 0 radical (unpaired) electrons. The third-order valence-electron chi connectivity index (χ3n) is 1.79. The third-order valence-corrected chi connectivity index (χ3v) is 1.79. The second-order valence-electron chi connectivity index (χ2n) is 3.03. The van der Waals surface area contributed by atoms with Gasteiger partial charge in [0.15, 0.2) is 6.10 Å². The van der Waals surface area contributed by atoms with Crippen LogP contribution in [0.25, 0.3) is 0 Å². The van der Waals surface area contributed by atoms with Crippen LogP contribution in [0.4, 0.5) is 0 Å². The van der Waals surface area contributed by atoms with Crippen molar-refractivity contribution in [1.29, 1.82) is 0 Å². The van der Waals surface area contributed by atoms with Crippen molar-refractivity contribution in [2.24, 2.45) is 5.73 Å². The van der Waals surface area contributed by atoms with Crippen LogP contribution in [0.3, 0.4) is 0 Å². The van der Waals surface area contributed by atoms with Crippen molar-refractivity contribution in [1.82, 2.24) is 0 Å². The number of ether oxygens (including phenoxy) is 2. The van der Waals surface area contributed by atoms with Crippen molar-refractivity contribution in [2.45, 2.75) is 24.5 Å². The maximum atomic E-state index is 11.1. The largest absolute Gasteiger partial charge is 0.403 e. The topological polar surface area (TPSA) is 139 Å². The van der Waals surface area contributed by atoms with Crippen molar-refractivity contribution in [2.75, 3.05) is 6.61 Å². The van der Waals surface area contributed by atoms with Crippen molar-refractivity contribution in [3.05, 3.63) is 0 Å². The van der Waals surface area contributed by atoms with Gasteiger partial charge in [0.1, 0.15) is 6.04 Å². The van der Waals surface area contributed by atoms with E-state index in [1.165, 1.54) is 0 Å². The first-order valence-corrected chi connectivity index (χ1v) is 4.10. The van der Waals surface area contributed by atoms with Crippen LogP contribution in [0, 0.1) is 0 Å². The SMILES string of the molecule is NC1CC(=O)OC(O)(C(O)CO)OC1=O. The first-order chi connectivity index (χ1) is 6.89. The number of aliphatic hydroxyl groups is 3.